The second-order valence-corrected chi connectivity index (χ2v) is 8.11. The molecular weight excluding hydrogens is 360 g/mol. The molecule has 3 heterocycles. The third kappa shape index (κ3) is 3.47. The van der Waals surface area contributed by atoms with Crippen LogP contribution in [-0.4, -0.2) is 54.7 Å². The van der Waals surface area contributed by atoms with E-state index in [2.05, 4.69) is 75.3 Å². The molecular formula is C24H26N4O. The SMILES string of the molecule is COc1ncc(-c2ccc(-c3ccc(N4CC[C@@H]5CN(C)C[C@@H]54)cc3)cc2)cn1. The van der Waals surface area contributed by atoms with Crippen LogP contribution in [0.4, 0.5) is 5.69 Å². The molecule has 0 radical (unpaired) electrons. The van der Waals surface area contributed by atoms with Crippen LogP contribution < -0.4 is 9.64 Å². The summed E-state index contributed by atoms with van der Waals surface area (Å²) in [7, 11) is 3.81. The van der Waals surface area contributed by atoms with E-state index >= 15 is 0 Å². The van der Waals surface area contributed by atoms with Crippen molar-refractivity contribution in [2.75, 3.05) is 38.7 Å². The Morgan fingerprint density at radius 2 is 1.41 bits per heavy atom. The smallest absolute Gasteiger partial charge is 0.316 e. The van der Waals surface area contributed by atoms with Gasteiger partial charge in [-0.25, -0.2) is 9.97 Å². The standard InChI is InChI=1S/C24H26N4O/c1-27-15-20-11-12-28(23(20)16-27)22-9-7-18(8-10-22)17-3-5-19(6-4-17)21-13-25-24(29-2)26-14-21/h3-10,13-14,20,23H,11-12,15-16H2,1-2H3/t20-,23+/m1/s1. The number of benzene rings is 2. The lowest BCUT2D eigenvalue weighted by molar-refractivity contribution is 0.380. The van der Waals surface area contributed by atoms with Gasteiger partial charge in [0.25, 0.3) is 0 Å². The van der Waals surface area contributed by atoms with Gasteiger partial charge in [-0.2, -0.15) is 0 Å². The van der Waals surface area contributed by atoms with Crippen molar-refractivity contribution in [1.29, 1.82) is 0 Å². The zero-order chi connectivity index (χ0) is 19.8. The Balaban J connectivity index is 1.32. The second-order valence-electron chi connectivity index (χ2n) is 8.11. The van der Waals surface area contributed by atoms with Crippen LogP contribution in [-0.2, 0) is 0 Å². The number of anilines is 1. The van der Waals surface area contributed by atoms with E-state index in [0.717, 1.165) is 17.0 Å². The number of hydrogen-bond donors (Lipinski definition) is 0. The Bertz CT molecular complexity index is 969. The zero-order valence-electron chi connectivity index (χ0n) is 17.0. The quantitative estimate of drug-likeness (QED) is 0.679. The molecule has 0 bridgehead atoms. The van der Waals surface area contributed by atoms with Crippen LogP contribution in [0.2, 0.25) is 0 Å². The normalized spacial score (nSPS) is 21.4. The predicted molar refractivity (Wildman–Crippen MR) is 116 cm³/mol. The summed E-state index contributed by atoms with van der Waals surface area (Å²) in [5.41, 5.74) is 5.89. The summed E-state index contributed by atoms with van der Waals surface area (Å²) in [6.07, 6.45) is 4.89. The van der Waals surface area contributed by atoms with Crippen LogP contribution in [0, 0.1) is 5.92 Å². The number of likely N-dealkylation sites (N-methyl/N-ethyl adjacent to an activating group) is 1. The first kappa shape index (κ1) is 18.1. The molecule has 3 aromatic rings. The number of fused-ring (bicyclic) bond motifs is 1. The highest BCUT2D eigenvalue weighted by Gasteiger charge is 2.39. The molecule has 2 fully saturated rings. The Kier molecular flexibility index (Phi) is 4.68. The Morgan fingerprint density at radius 1 is 0.828 bits per heavy atom. The number of likely N-dealkylation sites (tertiary alicyclic amines) is 1. The lowest BCUT2D eigenvalue weighted by Crippen LogP contribution is -2.34. The largest absolute Gasteiger partial charge is 0.467 e. The van der Waals surface area contributed by atoms with Gasteiger partial charge in [-0.05, 0) is 48.2 Å². The Morgan fingerprint density at radius 3 is 2.03 bits per heavy atom. The molecule has 29 heavy (non-hydrogen) atoms. The number of rotatable bonds is 4. The van der Waals surface area contributed by atoms with Gasteiger partial charge in [0, 0.05) is 49.3 Å². The molecule has 2 aliphatic rings. The van der Waals surface area contributed by atoms with Gasteiger partial charge in [-0.15, -0.1) is 0 Å². The number of ether oxygens (including phenoxy) is 1. The molecule has 148 valence electrons. The first-order valence-electron chi connectivity index (χ1n) is 10.2. The third-order valence-corrected chi connectivity index (χ3v) is 6.29. The van der Waals surface area contributed by atoms with Crippen molar-refractivity contribution in [2.24, 2.45) is 5.92 Å². The second kappa shape index (κ2) is 7.48. The first-order valence-corrected chi connectivity index (χ1v) is 10.2. The summed E-state index contributed by atoms with van der Waals surface area (Å²) in [6, 6.07) is 18.7. The fraction of sp³-hybridized carbons (Fsp3) is 0.333. The van der Waals surface area contributed by atoms with Crippen LogP contribution >= 0.6 is 0 Å². The number of aromatic nitrogens is 2. The lowest BCUT2D eigenvalue weighted by atomic mass is 10.0. The van der Waals surface area contributed by atoms with Gasteiger partial charge >= 0.3 is 6.01 Å². The van der Waals surface area contributed by atoms with E-state index in [1.807, 2.05) is 0 Å². The minimum absolute atomic E-state index is 0.388. The molecule has 1 aromatic heterocycles. The molecule has 2 saturated heterocycles. The lowest BCUT2D eigenvalue weighted by Gasteiger charge is -2.26. The van der Waals surface area contributed by atoms with Crippen molar-refractivity contribution in [1.82, 2.24) is 14.9 Å². The van der Waals surface area contributed by atoms with Gasteiger partial charge in [0.1, 0.15) is 0 Å². The van der Waals surface area contributed by atoms with Crippen LogP contribution in [0.5, 0.6) is 6.01 Å². The van der Waals surface area contributed by atoms with E-state index in [-0.39, 0.29) is 0 Å². The molecule has 0 spiro atoms. The Hall–Kier alpha value is -2.92. The molecule has 0 saturated carbocycles. The molecule has 0 amide bonds. The summed E-state index contributed by atoms with van der Waals surface area (Å²) < 4.78 is 5.03. The maximum Gasteiger partial charge on any atom is 0.316 e. The van der Waals surface area contributed by atoms with Gasteiger partial charge in [0.15, 0.2) is 0 Å². The van der Waals surface area contributed by atoms with E-state index in [1.165, 1.54) is 42.9 Å². The highest BCUT2D eigenvalue weighted by atomic mass is 16.5. The molecule has 0 N–H and O–H groups in total. The number of nitrogens with zero attached hydrogens (tertiary/aromatic N) is 4. The maximum absolute atomic E-state index is 5.03. The molecule has 0 aliphatic carbocycles. The zero-order valence-corrected chi connectivity index (χ0v) is 17.0. The number of hydrogen-bond acceptors (Lipinski definition) is 5. The topological polar surface area (TPSA) is 41.5 Å². The first-order chi connectivity index (χ1) is 14.2. The van der Waals surface area contributed by atoms with E-state index in [0.29, 0.717) is 12.1 Å². The van der Waals surface area contributed by atoms with Gasteiger partial charge in [0.2, 0.25) is 0 Å². The third-order valence-electron chi connectivity index (χ3n) is 6.29. The Labute approximate surface area is 172 Å². The highest BCUT2D eigenvalue weighted by molar-refractivity contribution is 5.71. The van der Waals surface area contributed by atoms with Gasteiger partial charge in [-0.1, -0.05) is 36.4 Å². The average molecular weight is 386 g/mol. The molecule has 5 rings (SSSR count). The van der Waals surface area contributed by atoms with Crippen molar-refractivity contribution in [3.63, 3.8) is 0 Å². The summed E-state index contributed by atoms with van der Waals surface area (Å²) in [5, 5.41) is 0. The molecule has 5 heteroatoms. The van der Waals surface area contributed by atoms with E-state index in [9.17, 15) is 0 Å². The van der Waals surface area contributed by atoms with Gasteiger partial charge < -0.3 is 14.5 Å². The van der Waals surface area contributed by atoms with Crippen LogP contribution in [0.3, 0.4) is 0 Å². The van der Waals surface area contributed by atoms with Crippen molar-refractivity contribution in [3.05, 3.63) is 60.9 Å². The number of methoxy groups -OCH3 is 1. The van der Waals surface area contributed by atoms with Crippen molar-refractivity contribution >= 4 is 5.69 Å². The molecule has 2 atom stereocenters. The fourth-order valence-corrected chi connectivity index (χ4v) is 4.76. The van der Waals surface area contributed by atoms with Gasteiger partial charge in [-0.3, -0.25) is 0 Å². The summed E-state index contributed by atoms with van der Waals surface area (Å²) >= 11 is 0. The van der Waals surface area contributed by atoms with Crippen molar-refractivity contribution in [2.45, 2.75) is 12.5 Å². The van der Waals surface area contributed by atoms with Gasteiger partial charge in [0.05, 0.1) is 7.11 Å². The summed E-state index contributed by atoms with van der Waals surface area (Å²) in [4.78, 5) is 13.4. The minimum Gasteiger partial charge on any atom is -0.467 e. The maximum atomic E-state index is 5.03. The predicted octanol–water partition coefficient (Wildman–Crippen LogP) is 3.96. The van der Waals surface area contributed by atoms with E-state index < -0.39 is 0 Å². The van der Waals surface area contributed by atoms with E-state index in [1.54, 1.807) is 19.5 Å². The monoisotopic (exact) mass is 386 g/mol. The fourth-order valence-electron chi connectivity index (χ4n) is 4.76. The summed E-state index contributed by atoms with van der Waals surface area (Å²) in [5.74, 6) is 0.828. The molecule has 2 aliphatic heterocycles. The molecule has 0 unspecified atom stereocenters. The van der Waals surface area contributed by atoms with Crippen LogP contribution in [0.15, 0.2) is 60.9 Å². The van der Waals surface area contributed by atoms with Crippen molar-refractivity contribution < 1.29 is 4.74 Å². The van der Waals surface area contributed by atoms with E-state index in [4.69, 9.17) is 4.74 Å². The van der Waals surface area contributed by atoms with Crippen molar-refractivity contribution in [3.8, 4) is 28.3 Å². The molecule has 2 aromatic carbocycles. The van der Waals surface area contributed by atoms with Crippen LogP contribution in [0.25, 0.3) is 22.3 Å². The summed E-state index contributed by atoms with van der Waals surface area (Å²) in [6.45, 7) is 3.61. The average Bonchev–Trinajstić information content (AvgIpc) is 3.33. The highest BCUT2D eigenvalue weighted by Crippen LogP contribution is 2.35. The van der Waals surface area contributed by atoms with Crippen LogP contribution in [0.1, 0.15) is 6.42 Å². The minimum atomic E-state index is 0.388. The molecule has 5 nitrogen and oxygen atoms in total.